The summed E-state index contributed by atoms with van der Waals surface area (Å²) in [6.07, 6.45) is -10.5. The first kappa shape index (κ1) is 36.3. The van der Waals surface area contributed by atoms with Crippen molar-refractivity contribution in [1.82, 2.24) is 0 Å². The second kappa shape index (κ2) is 14.1. The van der Waals surface area contributed by atoms with E-state index in [0.717, 1.165) is 0 Å². The summed E-state index contributed by atoms with van der Waals surface area (Å²) in [6, 6.07) is 3.56. The zero-order valence-electron chi connectivity index (χ0n) is 23.8. The van der Waals surface area contributed by atoms with Crippen molar-refractivity contribution < 1.29 is 62.9 Å². The van der Waals surface area contributed by atoms with Gasteiger partial charge in [-0.2, -0.15) is 54.4 Å². The van der Waals surface area contributed by atoms with Gasteiger partial charge in [0.2, 0.25) is 0 Å². The van der Waals surface area contributed by atoms with Crippen molar-refractivity contribution in [2.75, 3.05) is 26.4 Å². The van der Waals surface area contributed by atoms with Gasteiger partial charge in [0.1, 0.15) is 0 Å². The number of rotatable bonds is 7. The zero-order chi connectivity index (χ0) is 32.9. The molecule has 6 nitrogen and oxygen atoms in total. The van der Waals surface area contributed by atoms with Crippen LogP contribution in [0.15, 0.2) is 11.1 Å². The number of nitriles is 2. The smallest absolute Gasteiger partial charge is 0.348 e. The lowest BCUT2D eigenvalue weighted by Crippen LogP contribution is -2.37. The standard InChI is InChI=1S/C15H20F5NO2.C13H14F5NO2/c16-14(17,15(18,19)20)5-1-2-12(10-21)11-3-6-13(7-4-11)22-8-9-23-13;14-12(15,13(16,17)18)7-10(8-19)9-1-3-11(4-2-9)20-5-6-21-11/h11-12H,1-9H2;1-7H2. The van der Waals surface area contributed by atoms with E-state index in [1.54, 1.807) is 0 Å². The molecule has 44 heavy (non-hydrogen) atoms. The molecule has 0 N–H and O–H groups in total. The number of allylic oxidation sites excluding steroid dienone is 2. The minimum atomic E-state index is -5.65. The van der Waals surface area contributed by atoms with Gasteiger partial charge in [0, 0.05) is 43.6 Å². The highest BCUT2D eigenvalue weighted by molar-refractivity contribution is 5.31. The van der Waals surface area contributed by atoms with Gasteiger partial charge in [0.25, 0.3) is 0 Å². The molecule has 4 fully saturated rings. The number of nitrogens with zero attached hydrogens (tertiary/aromatic N) is 2. The summed E-state index contributed by atoms with van der Waals surface area (Å²) in [6.45, 7) is 1.96. The van der Waals surface area contributed by atoms with Crippen LogP contribution in [0.4, 0.5) is 43.9 Å². The lowest BCUT2D eigenvalue weighted by Gasteiger charge is -2.37. The van der Waals surface area contributed by atoms with Crippen molar-refractivity contribution in [2.45, 2.75) is 113 Å². The van der Waals surface area contributed by atoms with E-state index in [1.807, 2.05) is 0 Å². The van der Waals surface area contributed by atoms with Crippen LogP contribution in [0.1, 0.15) is 77.0 Å². The second-order valence-electron chi connectivity index (χ2n) is 11.5. The zero-order valence-corrected chi connectivity index (χ0v) is 23.8. The maximum Gasteiger partial charge on any atom is 0.453 e. The monoisotopic (exact) mass is 652 g/mol. The maximum atomic E-state index is 13.1. The molecule has 0 radical (unpaired) electrons. The van der Waals surface area contributed by atoms with Crippen molar-refractivity contribution in [1.29, 1.82) is 10.5 Å². The molecule has 4 aliphatic rings. The fourth-order valence-electron chi connectivity index (χ4n) is 5.95. The van der Waals surface area contributed by atoms with Gasteiger partial charge in [-0.15, -0.1) is 0 Å². The molecule has 0 aromatic rings. The summed E-state index contributed by atoms with van der Waals surface area (Å²) in [4.78, 5) is 0. The number of hydrogen-bond donors (Lipinski definition) is 0. The van der Waals surface area contributed by atoms with Gasteiger partial charge < -0.3 is 18.9 Å². The van der Waals surface area contributed by atoms with Crippen LogP contribution < -0.4 is 0 Å². The molecule has 0 amide bonds. The van der Waals surface area contributed by atoms with Crippen LogP contribution in [0.3, 0.4) is 0 Å². The molecule has 2 aliphatic heterocycles. The number of alkyl halides is 10. The van der Waals surface area contributed by atoms with Crippen LogP contribution in [-0.2, 0) is 18.9 Å². The van der Waals surface area contributed by atoms with Crippen molar-refractivity contribution in [3.05, 3.63) is 11.1 Å². The van der Waals surface area contributed by atoms with E-state index >= 15 is 0 Å². The highest BCUT2D eigenvalue weighted by Crippen LogP contribution is 2.45. The van der Waals surface area contributed by atoms with Gasteiger partial charge in [-0.05, 0) is 44.4 Å². The Balaban J connectivity index is 0.000000241. The molecule has 2 saturated heterocycles. The Kier molecular flexibility index (Phi) is 11.6. The first-order valence-electron chi connectivity index (χ1n) is 14.3. The number of hydrogen-bond acceptors (Lipinski definition) is 6. The third-order valence-electron chi connectivity index (χ3n) is 8.57. The van der Waals surface area contributed by atoms with Gasteiger partial charge in [0.05, 0.1) is 45.0 Å². The summed E-state index contributed by atoms with van der Waals surface area (Å²) < 4.78 is 147. The maximum absolute atomic E-state index is 13.1. The Morgan fingerprint density at radius 1 is 0.727 bits per heavy atom. The molecule has 2 aliphatic carbocycles. The molecule has 1 unspecified atom stereocenters. The largest absolute Gasteiger partial charge is 0.453 e. The molecule has 2 spiro atoms. The van der Waals surface area contributed by atoms with E-state index in [1.165, 1.54) is 6.07 Å². The third kappa shape index (κ3) is 8.98. The molecular formula is C28H34F10N2O4. The molecular weight excluding hydrogens is 618 g/mol. The SMILES string of the molecule is N#CC(CC(F)(F)C(F)(F)F)=C1CCC2(CC1)OCCO2.N#CC(CCCC(F)(F)C(F)(F)F)C1CCC2(CC1)OCCO2. The summed E-state index contributed by atoms with van der Waals surface area (Å²) in [5.41, 5.74) is -0.142. The Morgan fingerprint density at radius 2 is 1.18 bits per heavy atom. The highest BCUT2D eigenvalue weighted by atomic mass is 19.4. The van der Waals surface area contributed by atoms with E-state index in [-0.39, 0.29) is 31.6 Å². The quantitative estimate of drug-likeness (QED) is 0.204. The molecule has 2 saturated carbocycles. The predicted octanol–water partition coefficient (Wildman–Crippen LogP) is 8.14. The van der Waals surface area contributed by atoms with Crippen LogP contribution in [0.5, 0.6) is 0 Å². The molecule has 2 heterocycles. The minimum absolute atomic E-state index is 0.00191. The van der Waals surface area contributed by atoms with Gasteiger partial charge >= 0.3 is 24.2 Å². The lowest BCUT2D eigenvalue weighted by atomic mass is 9.76. The minimum Gasteiger partial charge on any atom is -0.348 e. The number of halogens is 10. The van der Waals surface area contributed by atoms with E-state index in [4.69, 9.17) is 24.2 Å². The van der Waals surface area contributed by atoms with Crippen molar-refractivity contribution >= 4 is 0 Å². The number of ether oxygens (including phenoxy) is 4. The van der Waals surface area contributed by atoms with Crippen LogP contribution in [0, 0.1) is 34.5 Å². The van der Waals surface area contributed by atoms with Crippen molar-refractivity contribution in [3.63, 3.8) is 0 Å². The highest BCUT2D eigenvalue weighted by Gasteiger charge is 2.58. The Hall–Kier alpha value is -2.14. The Labute approximate surface area is 248 Å². The van der Waals surface area contributed by atoms with Crippen LogP contribution in [0.2, 0.25) is 0 Å². The lowest BCUT2D eigenvalue weighted by molar-refractivity contribution is -0.284. The first-order valence-corrected chi connectivity index (χ1v) is 14.3. The molecule has 0 bridgehead atoms. The Morgan fingerprint density at radius 3 is 1.59 bits per heavy atom. The fourth-order valence-corrected chi connectivity index (χ4v) is 5.95. The molecule has 0 aromatic carbocycles. The molecule has 1 atom stereocenters. The summed E-state index contributed by atoms with van der Waals surface area (Å²) in [5, 5.41) is 18.1. The Bertz CT molecular complexity index is 1060. The average Bonchev–Trinajstić information content (AvgIpc) is 3.60. The molecule has 4 rings (SSSR count). The van der Waals surface area contributed by atoms with Gasteiger partial charge in [0.15, 0.2) is 11.6 Å². The van der Waals surface area contributed by atoms with Gasteiger partial charge in [-0.3, -0.25) is 0 Å². The van der Waals surface area contributed by atoms with E-state index in [9.17, 15) is 49.2 Å². The van der Waals surface area contributed by atoms with E-state index in [0.29, 0.717) is 70.5 Å². The average molecular weight is 653 g/mol. The van der Waals surface area contributed by atoms with Crippen molar-refractivity contribution in [2.24, 2.45) is 11.8 Å². The fraction of sp³-hybridized carbons (Fsp3) is 0.857. The summed E-state index contributed by atoms with van der Waals surface area (Å²) in [7, 11) is 0. The first-order chi connectivity index (χ1) is 20.4. The molecule has 0 aromatic heterocycles. The summed E-state index contributed by atoms with van der Waals surface area (Å²) >= 11 is 0. The predicted molar refractivity (Wildman–Crippen MR) is 132 cm³/mol. The topological polar surface area (TPSA) is 84.5 Å². The molecule has 16 heteroatoms. The normalized spacial score (nSPS) is 24.4. The van der Waals surface area contributed by atoms with Gasteiger partial charge in [-0.1, -0.05) is 5.57 Å². The van der Waals surface area contributed by atoms with Crippen molar-refractivity contribution in [3.8, 4) is 12.1 Å². The van der Waals surface area contributed by atoms with E-state index in [2.05, 4.69) is 6.07 Å². The van der Waals surface area contributed by atoms with Crippen LogP contribution in [0.25, 0.3) is 0 Å². The van der Waals surface area contributed by atoms with Gasteiger partial charge in [-0.25, -0.2) is 0 Å². The van der Waals surface area contributed by atoms with Crippen LogP contribution in [-0.4, -0.2) is 62.2 Å². The summed E-state index contributed by atoms with van der Waals surface area (Å²) in [5.74, 6) is -11.4. The second-order valence-corrected chi connectivity index (χ2v) is 11.5. The van der Waals surface area contributed by atoms with E-state index < -0.39 is 60.1 Å². The molecule has 250 valence electrons. The third-order valence-corrected chi connectivity index (χ3v) is 8.57. The van der Waals surface area contributed by atoms with Crippen LogP contribution >= 0.6 is 0 Å².